The Morgan fingerprint density at radius 3 is 3.00 bits per heavy atom. The SMILES string of the molecule is CC1CCC(O/N=C(\N)c2cncc(F)c2)C1. The van der Waals surface area contributed by atoms with Gasteiger partial charge in [-0.15, -0.1) is 0 Å². The van der Waals surface area contributed by atoms with Crippen LogP contribution in [0.15, 0.2) is 23.6 Å². The lowest BCUT2D eigenvalue weighted by Crippen LogP contribution is -2.16. The van der Waals surface area contributed by atoms with Gasteiger partial charge in [0.1, 0.15) is 11.9 Å². The molecule has 1 fully saturated rings. The number of amidine groups is 1. The molecule has 0 radical (unpaired) electrons. The second kappa shape index (κ2) is 5.12. The Hall–Kier alpha value is -1.65. The van der Waals surface area contributed by atoms with E-state index in [0.29, 0.717) is 11.5 Å². The summed E-state index contributed by atoms with van der Waals surface area (Å²) in [6, 6.07) is 1.28. The molecule has 0 aromatic carbocycles. The van der Waals surface area contributed by atoms with E-state index >= 15 is 0 Å². The lowest BCUT2D eigenvalue weighted by Gasteiger charge is -2.08. The topological polar surface area (TPSA) is 60.5 Å². The molecule has 2 N–H and O–H groups in total. The number of oxime groups is 1. The molecule has 1 aliphatic rings. The Labute approximate surface area is 99.7 Å². The van der Waals surface area contributed by atoms with Crippen molar-refractivity contribution in [2.24, 2.45) is 16.8 Å². The maximum absolute atomic E-state index is 12.9. The summed E-state index contributed by atoms with van der Waals surface area (Å²) in [5, 5.41) is 3.84. The van der Waals surface area contributed by atoms with Crippen LogP contribution in [-0.2, 0) is 4.84 Å². The fraction of sp³-hybridized carbons (Fsp3) is 0.500. The minimum absolute atomic E-state index is 0.130. The maximum atomic E-state index is 12.9. The molecule has 2 unspecified atom stereocenters. The normalized spacial score (nSPS) is 24.9. The molecule has 2 rings (SSSR count). The fourth-order valence-corrected chi connectivity index (χ4v) is 1.99. The van der Waals surface area contributed by atoms with Gasteiger partial charge in [0, 0.05) is 11.8 Å². The molecule has 0 amide bonds. The van der Waals surface area contributed by atoms with E-state index in [1.807, 2.05) is 0 Å². The summed E-state index contributed by atoms with van der Waals surface area (Å²) in [4.78, 5) is 9.05. The molecule has 5 heteroatoms. The van der Waals surface area contributed by atoms with Crippen molar-refractivity contribution in [3.8, 4) is 0 Å². The monoisotopic (exact) mass is 237 g/mol. The highest BCUT2D eigenvalue weighted by molar-refractivity contribution is 5.96. The predicted octanol–water partition coefficient (Wildman–Crippen LogP) is 2.05. The van der Waals surface area contributed by atoms with Crippen LogP contribution < -0.4 is 5.73 Å². The van der Waals surface area contributed by atoms with Crippen molar-refractivity contribution in [3.05, 3.63) is 29.8 Å². The van der Waals surface area contributed by atoms with Gasteiger partial charge in [-0.3, -0.25) is 4.98 Å². The molecular weight excluding hydrogens is 221 g/mol. The largest absolute Gasteiger partial charge is 0.391 e. The van der Waals surface area contributed by atoms with Gasteiger partial charge in [-0.05, 0) is 31.2 Å². The van der Waals surface area contributed by atoms with E-state index < -0.39 is 5.82 Å². The first-order valence-corrected chi connectivity index (χ1v) is 5.75. The number of hydrogen-bond donors (Lipinski definition) is 1. The van der Waals surface area contributed by atoms with Crippen LogP contribution in [0, 0.1) is 11.7 Å². The third kappa shape index (κ3) is 3.15. The van der Waals surface area contributed by atoms with E-state index in [2.05, 4.69) is 17.1 Å². The zero-order chi connectivity index (χ0) is 12.3. The summed E-state index contributed by atoms with van der Waals surface area (Å²) in [5.41, 5.74) is 6.14. The second-order valence-electron chi connectivity index (χ2n) is 4.51. The molecule has 92 valence electrons. The van der Waals surface area contributed by atoms with Gasteiger partial charge in [0.05, 0.1) is 6.20 Å². The summed E-state index contributed by atoms with van der Waals surface area (Å²) in [7, 11) is 0. The standard InChI is InChI=1S/C12H16FN3O/c1-8-2-3-11(4-8)17-16-12(14)9-5-10(13)7-15-6-9/h5-8,11H,2-4H2,1H3,(H2,14,16). The molecule has 0 saturated heterocycles. The van der Waals surface area contributed by atoms with Crippen LogP contribution in [0.2, 0.25) is 0 Å². The second-order valence-corrected chi connectivity index (χ2v) is 4.51. The summed E-state index contributed by atoms with van der Waals surface area (Å²) in [6.07, 6.45) is 5.86. The molecule has 2 atom stereocenters. The highest BCUT2D eigenvalue weighted by Crippen LogP contribution is 2.27. The van der Waals surface area contributed by atoms with Crippen LogP contribution in [0.3, 0.4) is 0 Å². The van der Waals surface area contributed by atoms with Crippen LogP contribution in [0.25, 0.3) is 0 Å². The average Bonchev–Trinajstić information content (AvgIpc) is 2.72. The van der Waals surface area contributed by atoms with Gasteiger partial charge in [0.2, 0.25) is 0 Å². The molecule has 4 nitrogen and oxygen atoms in total. The van der Waals surface area contributed by atoms with Crippen molar-refractivity contribution in [2.45, 2.75) is 32.3 Å². The van der Waals surface area contributed by atoms with Crippen LogP contribution in [0.5, 0.6) is 0 Å². The van der Waals surface area contributed by atoms with Crippen LogP contribution in [0.1, 0.15) is 31.7 Å². The third-order valence-corrected chi connectivity index (χ3v) is 2.95. The minimum Gasteiger partial charge on any atom is -0.391 e. The summed E-state index contributed by atoms with van der Waals surface area (Å²) >= 11 is 0. The highest BCUT2D eigenvalue weighted by Gasteiger charge is 2.22. The van der Waals surface area contributed by atoms with Gasteiger partial charge >= 0.3 is 0 Å². The van der Waals surface area contributed by atoms with Gasteiger partial charge in [0.25, 0.3) is 0 Å². The van der Waals surface area contributed by atoms with Crippen molar-refractivity contribution in [2.75, 3.05) is 0 Å². The Balaban J connectivity index is 1.97. The van der Waals surface area contributed by atoms with Crippen molar-refractivity contribution in [1.82, 2.24) is 4.98 Å². The lowest BCUT2D eigenvalue weighted by atomic mass is 10.1. The fourth-order valence-electron chi connectivity index (χ4n) is 1.99. The summed E-state index contributed by atoms with van der Waals surface area (Å²) < 4.78 is 12.9. The number of hydrogen-bond acceptors (Lipinski definition) is 3. The number of aromatic nitrogens is 1. The quantitative estimate of drug-likeness (QED) is 0.497. The average molecular weight is 237 g/mol. The Kier molecular flexibility index (Phi) is 3.56. The summed E-state index contributed by atoms with van der Waals surface area (Å²) in [5.74, 6) is 0.402. The van der Waals surface area contributed by atoms with E-state index in [0.717, 1.165) is 25.5 Å². The summed E-state index contributed by atoms with van der Waals surface area (Å²) in [6.45, 7) is 2.19. The molecule has 1 aliphatic carbocycles. The minimum atomic E-state index is -0.435. The third-order valence-electron chi connectivity index (χ3n) is 2.95. The first-order chi connectivity index (χ1) is 8.15. The number of nitrogens with zero attached hydrogens (tertiary/aromatic N) is 2. The Bertz CT molecular complexity index is 422. The van der Waals surface area contributed by atoms with E-state index in [1.165, 1.54) is 12.3 Å². The molecule has 0 bridgehead atoms. The van der Waals surface area contributed by atoms with E-state index in [4.69, 9.17) is 10.6 Å². The van der Waals surface area contributed by atoms with Gasteiger partial charge in [-0.25, -0.2) is 4.39 Å². The predicted molar refractivity (Wildman–Crippen MR) is 62.8 cm³/mol. The van der Waals surface area contributed by atoms with Crippen LogP contribution >= 0.6 is 0 Å². The van der Waals surface area contributed by atoms with E-state index in [1.54, 1.807) is 0 Å². The molecule has 0 spiro atoms. The first kappa shape index (κ1) is 11.8. The highest BCUT2D eigenvalue weighted by atomic mass is 19.1. The molecule has 1 aromatic heterocycles. The van der Waals surface area contributed by atoms with E-state index in [-0.39, 0.29) is 11.9 Å². The zero-order valence-electron chi connectivity index (χ0n) is 9.77. The van der Waals surface area contributed by atoms with Gasteiger partial charge in [-0.2, -0.15) is 0 Å². The number of rotatable bonds is 3. The molecule has 1 saturated carbocycles. The molecular formula is C12H16FN3O. The van der Waals surface area contributed by atoms with Crippen LogP contribution in [0.4, 0.5) is 4.39 Å². The van der Waals surface area contributed by atoms with Gasteiger partial charge in [-0.1, -0.05) is 12.1 Å². The number of pyridine rings is 1. The zero-order valence-corrected chi connectivity index (χ0v) is 9.77. The van der Waals surface area contributed by atoms with Crippen LogP contribution in [-0.4, -0.2) is 16.9 Å². The van der Waals surface area contributed by atoms with Crippen molar-refractivity contribution in [3.63, 3.8) is 0 Å². The molecule has 0 aliphatic heterocycles. The lowest BCUT2D eigenvalue weighted by molar-refractivity contribution is 0.0618. The van der Waals surface area contributed by atoms with Gasteiger partial charge < -0.3 is 10.6 Å². The smallest absolute Gasteiger partial charge is 0.171 e. The number of nitrogens with two attached hydrogens (primary N) is 1. The van der Waals surface area contributed by atoms with Crippen molar-refractivity contribution in [1.29, 1.82) is 0 Å². The Morgan fingerprint density at radius 1 is 1.53 bits per heavy atom. The van der Waals surface area contributed by atoms with E-state index in [9.17, 15) is 4.39 Å². The number of halogens is 1. The first-order valence-electron chi connectivity index (χ1n) is 5.75. The molecule has 1 heterocycles. The van der Waals surface area contributed by atoms with Crippen molar-refractivity contribution >= 4 is 5.84 Å². The van der Waals surface area contributed by atoms with Gasteiger partial charge in [0.15, 0.2) is 5.84 Å². The molecule has 1 aromatic rings. The Morgan fingerprint density at radius 2 is 2.35 bits per heavy atom. The van der Waals surface area contributed by atoms with Crippen molar-refractivity contribution < 1.29 is 9.23 Å². The maximum Gasteiger partial charge on any atom is 0.171 e. The molecule has 17 heavy (non-hydrogen) atoms.